The molecule has 35 heavy (non-hydrogen) atoms. The molecule has 0 aliphatic heterocycles. The van der Waals surface area contributed by atoms with Crippen molar-refractivity contribution in [3.63, 3.8) is 0 Å². The molecule has 2 amide bonds. The van der Waals surface area contributed by atoms with Gasteiger partial charge in [0.1, 0.15) is 17.5 Å². The monoisotopic (exact) mass is 492 g/mol. The van der Waals surface area contributed by atoms with Crippen LogP contribution in [0, 0.1) is 0 Å². The van der Waals surface area contributed by atoms with Crippen molar-refractivity contribution in [3.05, 3.63) is 76.5 Å². The minimum atomic E-state index is -0.831. The smallest absolute Gasteiger partial charge is 0.248 e. The van der Waals surface area contributed by atoms with Crippen molar-refractivity contribution in [2.75, 3.05) is 19.1 Å². The number of nitrogens with one attached hydrogen (secondary N) is 1. The van der Waals surface area contributed by atoms with E-state index in [-0.39, 0.29) is 24.3 Å². The van der Waals surface area contributed by atoms with Crippen molar-refractivity contribution >= 4 is 28.8 Å². The lowest BCUT2D eigenvalue weighted by atomic mass is 9.94. The number of ether oxygens (including phenoxy) is 2. The van der Waals surface area contributed by atoms with Gasteiger partial charge in [-0.25, -0.2) is 0 Å². The maximum absolute atomic E-state index is 13.9. The van der Waals surface area contributed by atoms with Crippen LogP contribution >= 0.6 is 11.3 Å². The van der Waals surface area contributed by atoms with E-state index in [4.69, 9.17) is 9.47 Å². The molecule has 1 aliphatic rings. The number of carbonyl (C=O) groups is 2. The number of anilines is 1. The predicted octanol–water partition coefficient (Wildman–Crippen LogP) is 5.53. The van der Waals surface area contributed by atoms with E-state index < -0.39 is 6.04 Å². The standard InChI is InChI=1S/C28H32N2O4S/c1-33-23-15-13-20(14-16-23)27(28(32)29-21-8-4-3-5-9-21)30(22-10-6-11-24(18-22)34-2)26(31)19-25-12-7-17-35-25/h6-7,10-18,21,27H,3-5,8-9,19H2,1-2H3,(H,29,32)/t27-/m0/s1. The second kappa shape index (κ2) is 11.9. The van der Waals surface area contributed by atoms with E-state index in [1.807, 2.05) is 60.0 Å². The first-order valence-electron chi connectivity index (χ1n) is 12.0. The number of rotatable bonds is 9. The summed E-state index contributed by atoms with van der Waals surface area (Å²) in [6.07, 6.45) is 5.54. The van der Waals surface area contributed by atoms with Crippen LogP contribution in [0.25, 0.3) is 0 Å². The van der Waals surface area contributed by atoms with Crippen LogP contribution in [0.5, 0.6) is 11.5 Å². The van der Waals surface area contributed by atoms with Gasteiger partial charge >= 0.3 is 0 Å². The van der Waals surface area contributed by atoms with Gasteiger partial charge in [0.15, 0.2) is 0 Å². The first kappa shape index (κ1) is 24.8. The Morgan fingerprint density at radius 1 is 0.971 bits per heavy atom. The van der Waals surface area contributed by atoms with E-state index in [0.29, 0.717) is 17.2 Å². The quantitative estimate of drug-likeness (QED) is 0.426. The van der Waals surface area contributed by atoms with Crippen LogP contribution in [-0.2, 0) is 16.0 Å². The highest BCUT2D eigenvalue weighted by Gasteiger charge is 2.34. The number of amides is 2. The first-order chi connectivity index (χ1) is 17.1. The summed E-state index contributed by atoms with van der Waals surface area (Å²) in [6, 6.07) is 17.8. The average Bonchev–Trinajstić information content (AvgIpc) is 3.40. The Labute approximate surface area is 210 Å². The van der Waals surface area contributed by atoms with Crippen LogP contribution in [0.2, 0.25) is 0 Å². The van der Waals surface area contributed by atoms with E-state index >= 15 is 0 Å². The van der Waals surface area contributed by atoms with E-state index in [1.54, 1.807) is 25.2 Å². The summed E-state index contributed by atoms with van der Waals surface area (Å²) in [5.74, 6) is 0.986. The van der Waals surface area contributed by atoms with Crippen molar-refractivity contribution in [3.8, 4) is 11.5 Å². The molecule has 0 unspecified atom stereocenters. The Kier molecular flexibility index (Phi) is 8.42. The van der Waals surface area contributed by atoms with Gasteiger partial charge in [-0.3, -0.25) is 14.5 Å². The second-order valence-electron chi connectivity index (χ2n) is 8.74. The van der Waals surface area contributed by atoms with Gasteiger partial charge in [-0.15, -0.1) is 11.3 Å². The Hall–Kier alpha value is -3.32. The fourth-order valence-electron chi connectivity index (χ4n) is 4.58. The van der Waals surface area contributed by atoms with E-state index in [2.05, 4.69) is 5.32 Å². The highest BCUT2D eigenvalue weighted by atomic mass is 32.1. The molecule has 1 atom stereocenters. The molecule has 1 heterocycles. The molecule has 7 heteroatoms. The Bertz CT molecular complexity index is 1110. The number of benzene rings is 2. The molecule has 6 nitrogen and oxygen atoms in total. The molecule has 1 saturated carbocycles. The van der Waals surface area contributed by atoms with Crippen LogP contribution in [0.4, 0.5) is 5.69 Å². The zero-order valence-corrected chi connectivity index (χ0v) is 21.1. The highest BCUT2D eigenvalue weighted by molar-refractivity contribution is 7.10. The number of hydrogen-bond acceptors (Lipinski definition) is 5. The summed E-state index contributed by atoms with van der Waals surface area (Å²) in [4.78, 5) is 30.3. The van der Waals surface area contributed by atoms with Gasteiger partial charge in [-0.1, -0.05) is 43.5 Å². The SMILES string of the molecule is COc1ccc([C@@H](C(=O)NC2CCCCC2)N(C(=O)Cc2cccs2)c2cccc(OC)c2)cc1. The summed E-state index contributed by atoms with van der Waals surface area (Å²) in [5.41, 5.74) is 1.34. The fourth-order valence-corrected chi connectivity index (χ4v) is 5.27. The topological polar surface area (TPSA) is 67.9 Å². The maximum atomic E-state index is 13.9. The van der Waals surface area contributed by atoms with Gasteiger partial charge < -0.3 is 14.8 Å². The van der Waals surface area contributed by atoms with Crippen molar-refractivity contribution in [1.82, 2.24) is 5.32 Å². The van der Waals surface area contributed by atoms with Gasteiger partial charge in [0.25, 0.3) is 0 Å². The number of nitrogens with zero attached hydrogens (tertiary/aromatic N) is 1. The van der Waals surface area contributed by atoms with Crippen LogP contribution < -0.4 is 19.7 Å². The van der Waals surface area contributed by atoms with Gasteiger partial charge in [-0.2, -0.15) is 0 Å². The molecule has 1 fully saturated rings. The average molecular weight is 493 g/mol. The number of carbonyl (C=O) groups excluding carboxylic acids is 2. The number of hydrogen-bond donors (Lipinski definition) is 1. The molecule has 1 N–H and O–H groups in total. The summed E-state index contributed by atoms with van der Waals surface area (Å²) < 4.78 is 10.8. The van der Waals surface area contributed by atoms with Crippen molar-refractivity contribution in [2.24, 2.45) is 0 Å². The largest absolute Gasteiger partial charge is 0.497 e. The minimum absolute atomic E-state index is 0.122. The molecule has 4 rings (SSSR count). The highest BCUT2D eigenvalue weighted by Crippen LogP contribution is 2.33. The predicted molar refractivity (Wildman–Crippen MR) is 139 cm³/mol. The van der Waals surface area contributed by atoms with Crippen molar-refractivity contribution < 1.29 is 19.1 Å². The Morgan fingerprint density at radius 2 is 1.71 bits per heavy atom. The van der Waals surface area contributed by atoms with Gasteiger partial charge in [0.2, 0.25) is 11.8 Å². The zero-order chi connectivity index (χ0) is 24.6. The molecule has 184 valence electrons. The van der Waals surface area contributed by atoms with Gasteiger partial charge in [-0.05, 0) is 54.1 Å². The molecule has 1 aliphatic carbocycles. The van der Waals surface area contributed by atoms with Crippen molar-refractivity contribution in [1.29, 1.82) is 0 Å². The zero-order valence-electron chi connectivity index (χ0n) is 20.2. The maximum Gasteiger partial charge on any atom is 0.248 e. The van der Waals surface area contributed by atoms with Crippen LogP contribution in [-0.4, -0.2) is 32.1 Å². The molecule has 0 bridgehead atoms. The van der Waals surface area contributed by atoms with E-state index in [0.717, 1.165) is 36.1 Å². The van der Waals surface area contributed by atoms with Crippen LogP contribution in [0.15, 0.2) is 66.0 Å². The third-order valence-electron chi connectivity index (χ3n) is 6.40. The molecule has 0 radical (unpaired) electrons. The van der Waals surface area contributed by atoms with Crippen LogP contribution in [0.3, 0.4) is 0 Å². The summed E-state index contributed by atoms with van der Waals surface area (Å²) >= 11 is 1.53. The first-order valence-corrected chi connectivity index (χ1v) is 12.9. The molecule has 2 aromatic carbocycles. The fraction of sp³-hybridized carbons (Fsp3) is 0.357. The molecule has 1 aromatic heterocycles. The number of thiophene rings is 1. The molecular formula is C28H32N2O4S. The Morgan fingerprint density at radius 3 is 2.37 bits per heavy atom. The van der Waals surface area contributed by atoms with Crippen molar-refractivity contribution in [2.45, 2.75) is 50.6 Å². The van der Waals surface area contributed by atoms with Gasteiger partial charge in [0, 0.05) is 22.7 Å². The molecule has 0 saturated heterocycles. The lowest BCUT2D eigenvalue weighted by Gasteiger charge is -2.33. The van der Waals surface area contributed by atoms with E-state index in [9.17, 15) is 9.59 Å². The second-order valence-corrected chi connectivity index (χ2v) is 9.77. The normalized spacial score (nSPS) is 14.7. The molecule has 0 spiro atoms. The van der Waals surface area contributed by atoms with Crippen LogP contribution in [0.1, 0.15) is 48.6 Å². The number of methoxy groups -OCH3 is 2. The Balaban J connectivity index is 1.76. The third-order valence-corrected chi connectivity index (χ3v) is 7.27. The minimum Gasteiger partial charge on any atom is -0.497 e. The third kappa shape index (κ3) is 6.22. The summed E-state index contributed by atoms with van der Waals surface area (Å²) in [7, 11) is 3.20. The molecule has 3 aromatic rings. The summed E-state index contributed by atoms with van der Waals surface area (Å²) in [5, 5.41) is 5.20. The summed E-state index contributed by atoms with van der Waals surface area (Å²) in [6.45, 7) is 0. The molecular weight excluding hydrogens is 460 g/mol. The lowest BCUT2D eigenvalue weighted by molar-refractivity contribution is -0.127. The lowest BCUT2D eigenvalue weighted by Crippen LogP contribution is -2.47. The van der Waals surface area contributed by atoms with E-state index in [1.165, 1.54) is 17.8 Å². The van der Waals surface area contributed by atoms with Gasteiger partial charge in [0.05, 0.1) is 20.6 Å².